The van der Waals surface area contributed by atoms with Crippen LogP contribution in [0.3, 0.4) is 0 Å². The lowest BCUT2D eigenvalue weighted by Crippen LogP contribution is -2.55. The molecule has 7 aromatic carbocycles. The van der Waals surface area contributed by atoms with Crippen LogP contribution in [0.4, 0.5) is 17.1 Å². The zero-order valence-corrected chi connectivity index (χ0v) is 32.8. The van der Waals surface area contributed by atoms with E-state index in [4.69, 9.17) is 0 Å². The summed E-state index contributed by atoms with van der Waals surface area (Å²) in [5, 5.41) is 2.59. The van der Waals surface area contributed by atoms with Gasteiger partial charge in [0, 0.05) is 27.9 Å². The lowest BCUT2D eigenvalue weighted by atomic mass is 9.43. The predicted molar refractivity (Wildman–Crippen MR) is 237 cm³/mol. The Morgan fingerprint density at radius 2 is 0.982 bits per heavy atom. The van der Waals surface area contributed by atoms with E-state index in [1.807, 2.05) is 0 Å². The van der Waals surface area contributed by atoms with Gasteiger partial charge in [-0.25, -0.2) is 0 Å². The first-order valence-corrected chi connectivity index (χ1v) is 22.1. The van der Waals surface area contributed by atoms with Crippen molar-refractivity contribution in [3.8, 4) is 33.4 Å². The van der Waals surface area contributed by atoms with Gasteiger partial charge < -0.3 is 4.90 Å². The summed E-state index contributed by atoms with van der Waals surface area (Å²) >= 11 is 0. The second-order valence-electron chi connectivity index (χ2n) is 18.8. The van der Waals surface area contributed by atoms with Crippen molar-refractivity contribution >= 4 is 27.8 Å². The maximum absolute atomic E-state index is 2.67. The number of hydrogen-bond donors (Lipinski definition) is 0. The number of anilines is 3. The Bertz CT molecular complexity index is 2710. The molecule has 0 saturated heterocycles. The molecule has 0 aromatic heterocycles. The fourth-order valence-electron chi connectivity index (χ4n) is 14.3. The molecule has 0 atom stereocenters. The second-order valence-corrected chi connectivity index (χ2v) is 18.8. The third-order valence-corrected chi connectivity index (χ3v) is 16.2. The van der Waals surface area contributed by atoms with Crippen molar-refractivity contribution in [1.29, 1.82) is 0 Å². The van der Waals surface area contributed by atoms with Crippen LogP contribution in [-0.2, 0) is 10.8 Å². The lowest BCUT2D eigenvalue weighted by molar-refractivity contribution is -0.0399. The molecular weight excluding hydrogens is 687 g/mol. The highest BCUT2D eigenvalue weighted by molar-refractivity contribution is 5.97. The van der Waals surface area contributed by atoms with E-state index in [9.17, 15) is 0 Å². The Morgan fingerprint density at radius 3 is 1.77 bits per heavy atom. The monoisotopic (exact) mass is 735 g/mol. The summed E-state index contributed by atoms with van der Waals surface area (Å²) in [6.07, 6.45) is 13.6. The van der Waals surface area contributed by atoms with Crippen molar-refractivity contribution in [3.05, 3.63) is 174 Å². The fraction of sp³-hybridized carbons (Fsp3) is 0.286. The van der Waals surface area contributed by atoms with Crippen molar-refractivity contribution in [2.24, 2.45) is 23.7 Å². The van der Waals surface area contributed by atoms with Gasteiger partial charge in [0.15, 0.2) is 0 Å². The van der Waals surface area contributed by atoms with E-state index in [1.165, 1.54) is 125 Å². The maximum atomic E-state index is 2.67. The average molecular weight is 736 g/mol. The first kappa shape index (κ1) is 32.7. The molecule has 1 heteroatoms. The van der Waals surface area contributed by atoms with Crippen LogP contribution in [0.2, 0.25) is 0 Å². The largest absolute Gasteiger partial charge is 0.310 e. The summed E-state index contributed by atoms with van der Waals surface area (Å²) < 4.78 is 0. The SMILES string of the molecule is c1ccc2c(c1)-c1cc(N(c3ccc(-c4cccc5ccccc45)cc3)c3ccc4c(c3)C3(c5ccccc5-4)C4CC5CC(C4)CC3C5)ccc1C21CCCCC1. The highest BCUT2D eigenvalue weighted by atomic mass is 15.1. The number of nitrogens with zero attached hydrogens (tertiary/aromatic N) is 1. The van der Waals surface area contributed by atoms with E-state index in [-0.39, 0.29) is 10.8 Å². The Labute approximate surface area is 337 Å². The standard InChI is InChI=1S/C56H49N/c1-8-27-55(28-9-1)51-17-6-4-15-48(51)50-34-43(24-26-52(50)55)57(42-21-19-39(20-22-42)46-16-10-12-38-11-2-3-13-45(38)46)44-23-25-49-47-14-5-7-18-53(47)56(54(49)35-44)40-30-36-29-37(32-40)33-41(56)31-36/h2-7,10-26,34-37,40-41H,1,8-9,27-33H2. The molecule has 278 valence electrons. The molecular formula is C56H49N. The zero-order valence-electron chi connectivity index (χ0n) is 32.8. The summed E-state index contributed by atoms with van der Waals surface area (Å²) in [5.74, 6) is 3.33. The van der Waals surface area contributed by atoms with Crippen molar-refractivity contribution in [2.75, 3.05) is 4.90 Å². The maximum Gasteiger partial charge on any atom is 0.0468 e. The summed E-state index contributed by atoms with van der Waals surface area (Å²) in [6.45, 7) is 0. The molecule has 14 rings (SSSR count). The molecule has 7 aromatic rings. The van der Waals surface area contributed by atoms with Crippen LogP contribution >= 0.6 is 0 Å². The van der Waals surface area contributed by atoms with E-state index < -0.39 is 0 Å². The van der Waals surface area contributed by atoms with Gasteiger partial charge >= 0.3 is 0 Å². The highest BCUT2D eigenvalue weighted by Crippen LogP contribution is 2.69. The molecule has 0 unspecified atom stereocenters. The van der Waals surface area contributed by atoms with Gasteiger partial charge in [0.2, 0.25) is 0 Å². The highest BCUT2D eigenvalue weighted by Gasteiger charge is 2.61. The van der Waals surface area contributed by atoms with Crippen LogP contribution in [-0.4, -0.2) is 0 Å². The molecule has 0 radical (unpaired) electrons. The number of rotatable bonds is 4. The van der Waals surface area contributed by atoms with Gasteiger partial charge in [0.1, 0.15) is 0 Å². The van der Waals surface area contributed by atoms with Crippen molar-refractivity contribution in [1.82, 2.24) is 0 Å². The average Bonchev–Trinajstić information content (AvgIpc) is 3.69. The van der Waals surface area contributed by atoms with Crippen molar-refractivity contribution in [2.45, 2.75) is 75.0 Å². The third kappa shape index (κ3) is 4.47. The van der Waals surface area contributed by atoms with Crippen molar-refractivity contribution in [3.63, 3.8) is 0 Å². The van der Waals surface area contributed by atoms with Gasteiger partial charge in [-0.05, 0) is 171 Å². The molecule has 0 aliphatic heterocycles. The Kier molecular flexibility index (Phi) is 6.91. The summed E-state index contributed by atoms with van der Waals surface area (Å²) in [4.78, 5) is 2.59. The van der Waals surface area contributed by atoms with E-state index >= 15 is 0 Å². The van der Waals surface area contributed by atoms with Crippen LogP contribution < -0.4 is 4.90 Å². The summed E-state index contributed by atoms with van der Waals surface area (Å²) in [7, 11) is 0. The van der Waals surface area contributed by atoms with Crippen LogP contribution in [0.5, 0.6) is 0 Å². The van der Waals surface area contributed by atoms with Crippen LogP contribution in [0.1, 0.15) is 86.5 Å². The molecule has 0 N–H and O–H groups in total. The molecule has 7 aliphatic carbocycles. The Morgan fingerprint density at radius 1 is 0.404 bits per heavy atom. The van der Waals surface area contributed by atoms with E-state index in [1.54, 1.807) is 22.3 Å². The second kappa shape index (κ2) is 12.1. The van der Waals surface area contributed by atoms with Crippen LogP contribution in [0.25, 0.3) is 44.2 Å². The molecule has 0 amide bonds. The number of hydrogen-bond acceptors (Lipinski definition) is 1. The minimum absolute atomic E-state index is 0.128. The predicted octanol–water partition coefficient (Wildman–Crippen LogP) is 14.9. The molecule has 1 nitrogen and oxygen atoms in total. The van der Waals surface area contributed by atoms with Gasteiger partial charge in [-0.2, -0.15) is 0 Å². The van der Waals surface area contributed by atoms with Gasteiger partial charge in [-0.1, -0.05) is 135 Å². The zero-order chi connectivity index (χ0) is 37.3. The number of fused-ring (bicyclic) bond motifs is 9. The summed E-state index contributed by atoms with van der Waals surface area (Å²) in [6, 6.07) is 59.0. The Balaban J connectivity index is 1.00. The van der Waals surface area contributed by atoms with Gasteiger partial charge in [0.05, 0.1) is 0 Å². The van der Waals surface area contributed by atoms with Crippen LogP contribution in [0, 0.1) is 23.7 Å². The molecule has 0 heterocycles. The first-order valence-electron chi connectivity index (χ1n) is 22.1. The van der Waals surface area contributed by atoms with E-state index in [0.29, 0.717) is 0 Å². The summed E-state index contributed by atoms with van der Waals surface area (Å²) in [5.41, 5.74) is 18.8. The van der Waals surface area contributed by atoms with Gasteiger partial charge in [0.25, 0.3) is 0 Å². The molecule has 57 heavy (non-hydrogen) atoms. The topological polar surface area (TPSA) is 3.24 Å². The minimum Gasteiger partial charge on any atom is -0.310 e. The lowest BCUT2D eigenvalue weighted by Gasteiger charge is -2.61. The van der Waals surface area contributed by atoms with E-state index in [0.717, 1.165) is 23.7 Å². The minimum atomic E-state index is 0.128. The van der Waals surface area contributed by atoms with Gasteiger partial charge in [-0.3, -0.25) is 0 Å². The molecule has 5 saturated carbocycles. The van der Waals surface area contributed by atoms with Crippen LogP contribution in [0.15, 0.2) is 152 Å². The first-order chi connectivity index (χ1) is 28.2. The molecule has 4 bridgehead atoms. The smallest absolute Gasteiger partial charge is 0.0468 e. The fourth-order valence-corrected chi connectivity index (χ4v) is 14.3. The van der Waals surface area contributed by atoms with E-state index in [2.05, 4.69) is 157 Å². The normalized spacial score (nSPS) is 25.4. The molecule has 7 aliphatic rings. The molecule has 2 spiro atoms. The van der Waals surface area contributed by atoms with Crippen molar-refractivity contribution < 1.29 is 0 Å². The van der Waals surface area contributed by atoms with Gasteiger partial charge in [-0.15, -0.1) is 0 Å². The number of benzene rings is 7. The third-order valence-electron chi connectivity index (χ3n) is 16.2. The Hall–Kier alpha value is -5.40. The quantitative estimate of drug-likeness (QED) is 0.174. The molecule has 5 fully saturated rings.